The molecule has 1 saturated heterocycles. The van der Waals surface area contributed by atoms with Crippen molar-refractivity contribution in [1.29, 1.82) is 0 Å². The first-order chi connectivity index (χ1) is 14.9. The molecule has 1 aliphatic heterocycles. The number of methoxy groups -OCH3 is 2. The molecular formula is C24H27NO5S. The zero-order chi connectivity index (χ0) is 22.1. The molecule has 6 nitrogen and oxygen atoms in total. The van der Waals surface area contributed by atoms with E-state index in [9.17, 15) is 13.2 Å². The largest absolute Gasteiger partial charge is 0.497 e. The van der Waals surface area contributed by atoms with Gasteiger partial charge >= 0.3 is 0 Å². The van der Waals surface area contributed by atoms with Crippen molar-refractivity contribution in [3.05, 3.63) is 65.7 Å². The topological polar surface area (TPSA) is 72.9 Å². The molecule has 1 atom stereocenters. The number of hydrogen-bond acceptors (Lipinski definition) is 5. The predicted molar refractivity (Wildman–Crippen MR) is 118 cm³/mol. The molecule has 1 heterocycles. The Bertz CT molecular complexity index is 1110. The molecule has 0 aromatic heterocycles. The van der Waals surface area contributed by atoms with Crippen molar-refractivity contribution in [2.45, 2.75) is 30.6 Å². The summed E-state index contributed by atoms with van der Waals surface area (Å²) in [5.74, 6) is 0.877. The normalized spacial score (nSPS) is 21.9. The van der Waals surface area contributed by atoms with Gasteiger partial charge in [0.05, 0.1) is 14.2 Å². The highest BCUT2D eigenvalue weighted by Crippen LogP contribution is 2.46. The van der Waals surface area contributed by atoms with E-state index >= 15 is 0 Å². The van der Waals surface area contributed by atoms with Crippen molar-refractivity contribution in [3.8, 4) is 11.5 Å². The van der Waals surface area contributed by atoms with Gasteiger partial charge in [0.1, 0.15) is 16.4 Å². The molecular weight excluding hydrogens is 414 g/mol. The van der Waals surface area contributed by atoms with Crippen LogP contribution in [0.25, 0.3) is 0 Å². The molecule has 0 amide bonds. The summed E-state index contributed by atoms with van der Waals surface area (Å²) in [5.41, 5.74) is 1.82. The van der Waals surface area contributed by atoms with E-state index in [0.29, 0.717) is 44.5 Å². The third-order valence-electron chi connectivity index (χ3n) is 6.35. The molecule has 1 aliphatic carbocycles. The van der Waals surface area contributed by atoms with E-state index in [0.717, 1.165) is 11.1 Å². The number of sulfonamides is 1. The van der Waals surface area contributed by atoms with E-state index in [1.165, 1.54) is 20.3 Å². The Morgan fingerprint density at radius 2 is 1.81 bits per heavy atom. The molecule has 7 heteroatoms. The Labute approximate surface area is 183 Å². The summed E-state index contributed by atoms with van der Waals surface area (Å²) >= 11 is 0. The molecule has 2 aromatic carbocycles. The average molecular weight is 442 g/mol. The summed E-state index contributed by atoms with van der Waals surface area (Å²) in [6.07, 6.45) is 4.08. The third-order valence-corrected chi connectivity index (χ3v) is 8.22. The molecule has 0 saturated carbocycles. The van der Waals surface area contributed by atoms with Crippen LogP contribution in [0.15, 0.2) is 65.1 Å². The number of nitrogens with zero attached hydrogens (tertiary/aromatic N) is 1. The van der Waals surface area contributed by atoms with Crippen LogP contribution in [0.4, 0.5) is 0 Å². The van der Waals surface area contributed by atoms with Crippen LogP contribution in [0, 0.1) is 5.41 Å². The lowest BCUT2D eigenvalue weighted by atomic mass is 9.66. The number of carbonyl (C=O) groups excluding carboxylic acids is 1. The van der Waals surface area contributed by atoms with Crippen molar-refractivity contribution in [1.82, 2.24) is 4.31 Å². The van der Waals surface area contributed by atoms with Gasteiger partial charge in [-0.15, -0.1) is 0 Å². The van der Waals surface area contributed by atoms with Crippen LogP contribution >= 0.6 is 0 Å². The number of piperidine rings is 1. The number of hydrogen-bond donors (Lipinski definition) is 0. The molecule has 2 aliphatic rings. The van der Waals surface area contributed by atoms with Crippen LogP contribution in [0.2, 0.25) is 0 Å². The second-order valence-electron chi connectivity index (χ2n) is 8.18. The molecule has 0 N–H and O–H groups in total. The molecule has 31 heavy (non-hydrogen) atoms. The van der Waals surface area contributed by atoms with Crippen LogP contribution < -0.4 is 9.47 Å². The summed E-state index contributed by atoms with van der Waals surface area (Å²) in [7, 11) is -0.852. The number of allylic oxidation sites excluding steroid dienone is 1. The van der Waals surface area contributed by atoms with Crippen molar-refractivity contribution in [2.24, 2.45) is 5.41 Å². The fourth-order valence-electron chi connectivity index (χ4n) is 4.70. The lowest BCUT2D eigenvalue weighted by Crippen LogP contribution is -2.49. The number of carbonyl (C=O) groups is 1. The zero-order valence-corrected chi connectivity index (χ0v) is 18.7. The minimum absolute atomic E-state index is 0.100. The number of ketones is 1. The van der Waals surface area contributed by atoms with E-state index in [1.54, 1.807) is 22.5 Å². The second kappa shape index (κ2) is 8.48. The van der Waals surface area contributed by atoms with Crippen LogP contribution in [0.3, 0.4) is 0 Å². The highest BCUT2D eigenvalue weighted by atomic mass is 32.2. The Morgan fingerprint density at radius 3 is 2.52 bits per heavy atom. The third kappa shape index (κ3) is 4.12. The SMILES string of the molecule is COc1ccc(OC)c(S(=O)(=O)N2CCC3=CC(=O)CCC3(Cc3ccccc3)C2)c1. The van der Waals surface area contributed by atoms with Gasteiger partial charge in [0, 0.05) is 31.0 Å². The molecule has 1 unspecified atom stereocenters. The molecule has 0 bridgehead atoms. The first-order valence-electron chi connectivity index (χ1n) is 10.4. The predicted octanol–water partition coefficient (Wildman–Crippen LogP) is 3.62. The monoisotopic (exact) mass is 441 g/mol. The maximum atomic E-state index is 13.7. The first kappa shape index (κ1) is 21.6. The molecule has 2 aromatic rings. The van der Waals surface area contributed by atoms with E-state index in [1.807, 2.05) is 18.2 Å². The number of benzene rings is 2. The minimum Gasteiger partial charge on any atom is -0.497 e. The summed E-state index contributed by atoms with van der Waals surface area (Å²) in [6.45, 7) is 0.669. The Balaban J connectivity index is 1.73. The minimum atomic E-state index is -3.82. The van der Waals surface area contributed by atoms with E-state index in [2.05, 4.69) is 12.1 Å². The van der Waals surface area contributed by atoms with Gasteiger partial charge in [-0.2, -0.15) is 4.31 Å². The molecule has 0 radical (unpaired) electrons. The lowest BCUT2D eigenvalue weighted by molar-refractivity contribution is -0.116. The highest BCUT2D eigenvalue weighted by Gasteiger charge is 2.45. The molecule has 1 fully saturated rings. The van der Waals surface area contributed by atoms with Crippen LogP contribution in [0.5, 0.6) is 11.5 Å². The molecule has 4 rings (SSSR count). The van der Waals surface area contributed by atoms with Crippen LogP contribution in [0.1, 0.15) is 24.8 Å². The summed E-state index contributed by atoms with van der Waals surface area (Å²) < 4.78 is 39.5. The van der Waals surface area contributed by atoms with Crippen LogP contribution in [-0.2, 0) is 21.2 Å². The first-order valence-corrected chi connectivity index (χ1v) is 11.8. The average Bonchev–Trinajstić information content (AvgIpc) is 2.79. The fraction of sp³-hybridized carbons (Fsp3) is 0.375. The Hall–Kier alpha value is -2.64. The van der Waals surface area contributed by atoms with Crippen LogP contribution in [-0.4, -0.2) is 45.8 Å². The standard InChI is InChI=1S/C24H27NO5S/c1-29-21-8-9-22(30-2)23(15-21)31(27,28)25-13-11-19-14-20(26)10-12-24(19,17-25)16-18-6-4-3-5-7-18/h3-9,14-15H,10-13,16-17H2,1-2H3. The lowest BCUT2D eigenvalue weighted by Gasteiger charge is -2.46. The highest BCUT2D eigenvalue weighted by molar-refractivity contribution is 7.89. The summed E-state index contributed by atoms with van der Waals surface area (Å²) in [4.78, 5) is 12.2. The van der Waals surface area contributed by atoms with Crippen molar-refractivity contribution in [2.75, 3.05) is 27.3 Å². The Morgan fingerprint density at radius 1 is 1.03 bits per heavy atom. The number of ether oxygens (including phenoxy) is 2. The second-order valence-corrected chi connectivity index (χ2v) is 10.1. The van der Waals surface area contributed by atoms with Gasteiger partial charge in [-0.25, -0.2) is 8.42 Å². The molecule has 0 spiro atoms. The van der Waals surface area contributed by atoms with Gasteiger partial charge in [0.2, 0.25) is 10.0 Å². The van der Waals surface area contributed by atoms with Gasteiger partial charge < -0.3 is 9.47 Å². The van der Waals surface area contributed by atoms with Gasteiger partial charge in [-0.05, 0) is 43.0 Å². The van der Waals surface area contributed by atoms with Crippen molar-refractivity contribution >= 4 is 15.8 Å². The van der Waals surface area contributed by atoms with Gasteiger partial charge in [-0.3, -0.25) is 4.79 Å². The smallest absolute Gasteiger partial charge is 0.246 e. The summed E-state index contributed by atoms with van der Waals surface area (Å²) in [5, 5.41) is 0. The Kier molecular flexibility index (Phi) is 5.90. The van der Waals surface area contributed by atoms with Gasteiger partial charge in [0.15, 0.2) is 5.78 Å². The van der Waals surface area contributed by atoms with Gasteiger partial charge in [-0.1, -0.05) is 35.9 Å². The van der Waals surface area contributed by atoms with Gasteiger partial charge in [0.25, 0.3) is 0 Å². The quantitative estimate of drug-likeness (QED) is 0.685. The molecule has 164 valence electrons. The summed E-state index contributed by atoms with van der Waals surface area (Å²) in [6, 6.07) is 14.9. The number of rotatable bonds is 6. The van der Waals surface area contributed by atoms with E-state index < -0.39 is 10.0 Å². The van der Waals surface area contributed by atoms with Crippen molar-refractivity contribution in [3.63, 3.8) is 0 Å². The van der Waals surface area contributed by atoms with E-state index in [4.69, 9.17) is 9.47 Å². The zero-order valence-electron chi connectivity index (χ0n) is 17.8. The maximum Gasteiger partial charge on any atom is 0.246 e. The fourth-order valence-corrected chi connectivity index (χ4v) is 6.39. The maximum absolute atomic E-state index is 13.7. The number of fused-ring (bicyclic) bond motifs is 1. The van der Waals surface area contributed by atoms with E-state index in [-0.39, 0.29) is 21.8 Å². The van der Waals surface area contributed by atoms with Crippen molar-refractivity contribution < 1.29 is 22.7 Å².